The number of aromatic nitrogens is 4. The summed E-state index contributed by atoms with van der Waals surface area (Å²) in [7, 11) is 0. The molecule has 0 spiro atoms. The molecule has 6 rings (SSSR count). The largest absolute Gasteiger partial charge is 1.00 e. The van der Waals surface area contributed by atoms with E-state index in [4.69, 9.17) is 44.9 Å². The maximum absolute atomic E-state index is 8.64. The van der Waals surface area contributed by atoms with Crippen molar-refractivity contribution in [2.45, 2.75) is 12.8 Å². The molecule has 0 fully saturated rings. The van der Waals surface area contributed by atoms with Gasteiger partial charge >= 0.3 is 103 Å². The van der Waals surface area contributed by atoms with Gasteiger partial charge in [-0.15, -0.1) is 0 Å². The Bertz CT molecular complexity index is 1400. The first-order chi connectivity index (χ1) is 18.8. The zero-order valence-corrected chi connectivity index (χ0v) is 33.7. The van der Waals surface area contributed by atoms with E-state index in [1.165, 1.54) is 35.1 Å². The van der Waals surface area contributed by atoms with Crippen molar-refractivity contribution in [1.82, 2.24) is 19.9 Å². The van der Waals surface area contributed by atoms with Crippen molar-refractivity contribution in [3.63, 3.8) is 0 Å². The van der Waals surface area contributed by atoms with E-state index in [1.54, 1.807) is 12.3 Å². The number of carbonyl (C=O) groups excluding carboxylic acids is 1. The summed E-state index contributed by atoms with van der Waals surface area (Å²) >= 11 is 23.5. The van der Waals surface area contributed by atoms with Gasteiger partial charge in [-0.1, -0.05) is 55.6 Å². The van der Waals surface area contributed by atoms with Gasteiger partial charge in [0.15, 0.2) is 0 Å². The fraction of sp³-hybridized carbons (Fsp3) is 0.160. The smallest absolute Gasteiger partial charge is 1.00 e. The van der Waals surface area contributed by atoms with E-state index in [0.717, 1.165) is 34.3 Å². The second kappa shape index (κ2) is 21.5. The number of hydrogen-bond acceptors (Lipinski definition) is 9. The number of nitrogens with zero attached hydrogens (tertiary/aromatic N) is 5. The van der Waals surface area contributed by atoms with Crippen LogP contribution in [0.15, 0.2) is 69.9 Å². The molecule has 2 aliphatic rings. The average Bonchev–Trinajstić information content (AvgIpc) is 3.56. The molecular weight excluding hydrogens is 777 g/mol. The standard InChI is InChI=1S/C12H9BrClN3.C8H8BrN.C4H2Cl2N2.CH2O3.2K.H/c13-9-2-1-8-4-6-17(10(8)7-9)11-3-5-15-12(14)16-11;9-7-2-1-6-3-4-10-8(6)5-7;5-3-1-2-7-4(6)8-3;2-1-4-3;;;/h1-3,5,7H,4,6H2;1-2,5,10H,3-4H2;1-2H;1,3H;;;/q;;;;2*+1;-1/p-1. The minimum absolute atomic E-state index is 0. The zero-order chi connectivity index (χ0) is 28.2. The average molecular weight is 798 g/mol. The Labute approximate surface area is 356 Å². The van der Waals surface area contributed by atoms with Crippen LogP contribution in [0.2, 0.25) is 15.7 Å². The molecule has 2 aromatic heterocycles. The molecule has 0 atom stereocenters. The van der Waals surface area contributed by atoms with Crippen molar-refractivity contribution < 1.29 is 119 Å². The first-order valence-electron chi connectivity index (χ1n) is 11.2. The summed E-state index contributed by atoms with van der Waals surface area (Å²) < 4.78 is 2.23. The normalized spacial score (nSPS) is 11.6. The first-order valence-corrected chi connectivity index (χ1v) is 14.0. The molecule has 2 aromatic carbocycles. The van der Waals surface area contributed by atoms with Crippen LogP contribution in [-0.4, -0.2) is 39.5 Å². The van der Waals surface area contributed by atoms with Gasteiger partial charge in [0.05, 0.1) is 0 Å². The van der Waals surface area contributed by atoms with Crippen LogP contribution in [0.3, 0.4) is 0 Å². The molecule has 0 saturated heterocycles. The van der Waals surface area contributed by atoms with Crippen LogP contribution in [0, 0.1) is 0 Å². The number of nitrogens with one attached hydrogen (secondary N) is 1. The van der Waals surface area contributed by atoms with E-state index in [1.807, 2.05) is 6.07 Å². The molecular formula is C25H21Br2Cl3K2N6O3. The fourth-order valence-electron chi connectivity index (χ4n) is 3.64. The second-order valence-corrected chi connectivity index (χ2v) is 10.6. The van der Waals surface area contributed by atoms with Crippen molar-refractivity contribution >= 4 is 90.3 Å². The number of hydrogen-bond donors (Lipinski definition) is 1. The SMILES string of the molecule is Brc1ccc2c(c1)NCC2.Clc1ccnc(Cl)n1.Clc1nccc(N2CCc3ccc(Br)cc32)n1.O=CO[O-].[H-].[K+].[K+]. The number of halogens is 5. The maximum Gasteiger partial charge on any atom is 1.00 e. The molecule has 4 aromatic rings. The van der Waals surface area contributed by atoms with Crippen LogP contribution in [0.25, 0.3) is 0 Å². The summed E-state index contributed by atoms with van der Waals surface area (Å²) in [6, 6.07) is 16.1. The molecule has 2 aliphatic heterocycles. The third kappa shape index (κ3) is 13.7. The van der Waals surface area contributed by atoms with Gasteiger partial charge in [0, 0.05) is 45.8 Å². The molecule has 0 aliphatic carbocycles. The Morgan fingerprint density at radius 3 is 2.10 bits per heavy atom. The van der Waals surface area contributed by atoms with Crippen molar-refractivity contribution in [3.05, 3.63) is 96.7 Å². The monoisotopic (exact) mass is 794 g/mol. The molecule has 9 nitrogen and oxygen atoms in total. The maximum atomic E-state index is 8.64. The molecule has 0 unspecified atom stereocenters. The van der Waals surface area contributed by atoms with Gasteiger partial charge in [-0.2, -0.15) is 0 Å². The van der Waals surface area contributed by atoms with Crippen LogP contribution in [0.4, 0.5) is 17.2 Å². The minimum atomic E-state index is -0.181. The van der Waals surface area contributed by atoms with Crippen LogP contribution >= 0.6 is 66.7 Å². The van der Waals surface area contributed by atoms with E-state index in [0.29, 0.717) is 5.15 Å². The van der Waals surface area contributed by atoms with E-state index in [9.17, 15) is 0 Å². The molecule has 0 bridgehead atoms. The van der Waals surface area contributed by atoms with E-state index >= 15 is 0 Å². The molecule has 4 heterocycles. The minimum Gasteiger partial charge on any atom is -1.00 e. The first kappa shape index (κ1) is 39.8. The summed E-state index contributed by atoms with van der Waals surface area (Å²) in [4.78, 5) is 28.8. The Kier molecular flexibility index (Phi) is 20.8. The molecule has 0 amide bonds. The summed E-state index contributed by atoms with van der Waals surface area (Å²) in [5.74, 6) is 0.849. The third-order valence-electron chi connectivity index (χ3n) is 5.24. The summed E-state index contributed by atoms with van der Waals surface area (Å²) in [5, 5.41) is 12.6. The van der Waals surface area contributed by atoms with Crippen LogP contribution in [-0.2, 0) is 22.5 Å². The predicted molar refractivity (Wildman–Crippen MR) is 159 cm³/mol. The molecule has 1 N–H and O–H groups in total. The van der Waals surface area contributed by atoms with Crippen molar-refractivity contribution in [2.24, 2.45) is 0 Å². The molecule has 206 valence electrons. The topological polar surface area (TPSA) is 116 Å². The van der Waals surface area contributed by atoms with Crippen molar-refractivity contribution in [2.75, 3.05) is 23.3 Å². The third-order valence-corrected chi connectivity index (χ3v) is 6.81. The van der Waals surface area contributed by atoms with Gasteiger partial charge in [-0.25, -0.2) is 19.9 Å². The van der Waals surface area contributed by atoms with Gasteiger partial charge in [-0.3, -0.25) is 4.79 Å². The number of rotatable bonds is 2. The number of anilines is 3. The Morgan fingerprint density at radius 2 is 1.51 bits per heavy atom. The van der Waals surface area contributed by atoms with Crippen LogP contribution in [0.5, 0.6) is 0 Å². The Morgan fingerprint density at radius 1 is 0.902 bits per heavy atom. The molecule has 0 radical (unpaired) electrons. The summed E-state index contributed by atoms with van der Waals surface area (Å²) in [6.45, 7) is 1.84. The van der Waals surface area contributed by atoms with Gasteiger partial charge in [-0.05, 0) is 83.6 Å². The van der Waals surface area contributed by atoms with E-state index in [2.05, 4.69) is 103 Å². The summed E-state index contributed by atoms with van der Waals surface area (Å²) in [6.07, 6.45) is 5.38. The quantitative estimate of drug-likeness (QED) is 0.0767. The molecule has 41 heavy (non-hydrogen) atoms. The van der Waals surface area contributed by atoms with Gasteiger partial charge < -0.3 is 21.8 Å². The van der Waals surface area contributed by atoms with E-state index in [-0.39, 0.29) is 121 Å². The fourth-order valence-corrected chi connectivity index (χ4v) is 4.82. The predicted octanol–water partition coefficient (Wildman–Crippen LogP) is 0.342. The molecule has 16 heteroatoms. The number of benzene rings is 2. The number of carbonyl (C=O) groups is 1. The van der Waals surface area contributed by atoms with Gasteiger partial charge in [0.1, 0.15) is 11.0 Å². The molecule has 0 saturated carbocycles. The van der Waals surface area contributed by atoms with Crippen molar-refractivity contribution in [1.29, 1.82) is 0 Å². The summed E-state index contributed by atoms with van der Waals surface area (Å²) in [5.41, 5.74) is 5.25. The van der Waals surface area contributed by atoms with E-state index < -0.39 is 0 Å². The number of fused-ring (bicyclic) bond motifs is 2. The zero-order valence-electron chi connectivity index (χ0n) is 23.0. The van der Waals surface area contributed by atoms with Crippen molar-refractivity contribution in [3.8, 4) is 0 Å². The van der Waals surface area contributed by atoms with Crippen LogP contribution < -0.4 is 118 Å². The van der Waals surface area contributed by atoms with Gasteiger partial charge in [0.25, 0.3) is 6.47 Å². The van der Waals surface area contributed by atoms with Gasteiger partial charge in [0.2, 0.25) is 10.6 Å². The van der Waals surface area contributed by atoms with Crippen LogP contribution in [0.1, 0.15) is 12.6 Å². The Balaban J connectivity index is 0.000000581. The second-order valence-electron chi connectivity index (χ2n) is 7.68. The Hall–Kier alpha value is 0.733.